The normalized spacial score (nSPS) is 12.8. The Balaban J connectivity index is 1.70. The fraction of sp³-hybridized carbons (Fsp3) is 0.167. The monoisotopic (exact) mass is 335 g/mol. The molecule has 24 heavy (non-hydrogen) atoms. The Morgan fingerprint density at radius 3 is 2.75 bits per heavy atom. The highest BCUT2D eigenvalue weighted by atomic mass is 32.2. The van der Waals surface area contributed by atoms with Gasteiger partial charge in [0.15, 0.2) is 11.5 Å². The summed E-state index contributed by atoms with van der Waals surface area (Å²) in [5.74, 6) is 2.12. The number of hydrogen-bond acceptors (Lipinski definition) is 6. The highest BCUT2D eigenvalue weighted by Crippen LogP contribution is 2.36. The number of fused-ring (bicyclic) bond motifs is 2. The van der Waals surface area contributed by atoms with Crippen molar-refractivity contribution in [2.24, 2.45) is 0 Å². The molecular formula is C18H13N3O2S. The molecule has 6 heteroatoms. The Labute approximate surface area is 143 Å². The number of aromatic nitrogens is 2. The molecule has 0 saturated carbocycles. The van der Waals surface area contributed by atoms with Gasteiger partial charge in [0.1, 0.15) is 24.3 Å². The van der Waals surface area contributed by atoms with Gasteiger partial charge in [-0.3, -0.25) is 4.98 Å². The summed E-state index contributed by atoms with van der Waals surface area (Å²) in [5.41, 5.74) is 2.45. The van der Waals surface area contributed by atoms with E-state index in [9.17, 15) is 5.26 Å². The Morgan fingerprint density at radius 1 is 1.17 bits per heavy atom. The molecule has 0 amide bonds. The zero-order chi connectivity index (χ0) is 16.4. The molecule has 0 fully saturated rings. The topological polar surface area (TPSA) is 68.0 Å². The van der Waals surface area contributed by atoms with Gasteiger partial charge in [-0.05, 0) is 23.8 Å². The molecular weight excluding hydrogens is 322 g/mol. The number of nitrogens with zero attached hydrogens (tertiary/aromatic N) is 3. The minimum absolute atomic E-state index is 0.538. The smallest absolute Gasteiger partial charge is 0.163 e. The Hall–Kier alpha value is -2.78. The Morgan fingerprint density at radius 2 is 2.00 bits per heavy atom. The van der Waals surface area contributed by atoms with E-state index in [0.29, 0.717) is 41.1 Å². The van der Waals surface area contributed by atoms with Crippen LogP contribution in [-0.2, 0) is 5.75 Å². The Bertz CT molecular complexity index is 938. The van der Waals surface area contributed by atoms with Crippen LogP contribution in [0.2, 0.25) is 0 Å². The van der Waals surface area contributed by atoms with E-state index >= 15 is 0 Å². The molecule has 0 unspecified atom stereocenters. The van der Waals surface area contributed by atoms with Crippen molar-refractivity contribution in [1.82, 2.24) is 9.97 Å². The fourth-order valence-corrected chi connectivity index (χ4v) is 3.42. The average molecular weight is 335 g/mol. The third kappa shape index (κ3) is 2.86. The summed E-state index contributed by atoms with van der Waals surface area (Å²) in [4.78, 5) is 8.76. The summed E-state index contributed by atoms with van der Waals surface area (Å²) >= 11 is 1.53. The minimum atomic E-state index is 0.538. The summed E-state index contributed by atoms with van der Waals surface area (Å²) in [6.07, 6.45) is 3.57. The van der Waals surface area contributed by atoms with E-state index in [1.165, 1.54) is 11.8 Å². The van der Waals surface area contributed by atoms with E-state index in [0.717, 1.165) is 16.5 Å². The maximum Gasteiger partial charge on any atom is 0.163 e. The molecule has 0 radical (unpaired) electrons. The highest BCUT2D eigenvalue weighted by Gasteiger charge is 2.15. The standard InChI is InChI=1S/C18H13N3O2S/c19-9-14-6-13-7-16-17(23-5-4-22-16)8-15(13)21-18(14)24-11-12-2-1-3-20-10-12/h1-3,6-8,10H,4-5,11H2. The molecule has 5 nitrogen and oxygen atoms in total. The van der Waals surface area contributed by atoms with E-state index in [-0.39, 0.29) is 0 Å². The van der Waals surface area contributed by atoms with Gasteiger partial charge in [0.25, 0.3) is 0 Å². The quantitative estimate of drug-likeness (QED) is 0.682. The van der Waals surface area contributed by atoms with Crippen LogP contribution in [0, 0.1) is 11.3 Å². The van der Waals surface area contributed by atoms with Crippen LogP contribution in [0.1, 0.15) is 11.1 Å². The summed E-state index contributed by atoms with van der Waals surface area (Å²) in [7, 11) is 0. The van der Waals surface area contributed by atoms with Gasteiger partial charge in [0.2, 0.25) is 0 Å². The molecule has 0 N–H and O–H groups in total. The van der Waals surface area contributed by atoms with E-state index in [1.54, 1.807) is 6.20 Å². The second-order valence-electron chi connectivity index (χ2n) is 5.29. The molecule has 1 aromatic carbocycles. The van der Waals surface area contributed by atoms with Gasteiger partial charge < -0.3 is 9.47 Å². The van der Waals surface area contributed by atoms with Gasteiger partial charge in [-0.25, -0.2) is 4.98 Å². The van der Waals surface area contributed by atoms with Gasteiger partial charge in [0, 0.05) is 29.6 Å². The average Bonchev–Trinajstić information content (AvgIpc) is 2.64. The first kappa shape index (κ1) is 14.8. The van der Waals surface area contributed by atoms with Crippen LogP contribution in [0.4, 0.5) is 0 Å². The molecule has 1 aliphatic heterocycles. The van der Waals surface area contributed by atoms with Gasteiger partial charge >= 0.3 is 0 Å². The molecule has 0 spiro atoms. The van der Waals surface area contributed by atoms with Crippen LogP contribution in [0.15, 0.2) is 47.8 Å². The van der Waals surface area contributed by atoms with Gasteiger partial charge in [0.05, 0.1) is 11.1 Å². The fourth-order valence-electron chi connectivity index (χ4n) is 2.52. The molecule has 4 rings (SSSR count). The molecule has 0 aliphatic carbocycles. The summed E-state index contributed by atoms with van der Waals surface area (Å²) < 4.78 is 11.2. The maximum atomic E-state index is 9.44. The first-order valence-corrected chi connectivity index (χ1v) is 8.48. The van der Waals surface area contributed by atoms with Crippen molar-refractivity contribution in [3.05, 3.63) is 53.9 Å². The lowest BCUT2D eigenvalue weighted by molar-refractivity contribution is 0.172. The van der Waals surface area contributed by atoms with Crippen LogP contribution >= 0.6 is 11.8 Å². The van der Waals surface area contributed by atoms with E-state index < -0.39 is 0 Å². The molecule has 2 aromatic heterocycles. The number of thioether (sulfide) groups is 1. The number of pyridine rings is 2. The van der Waals surface area contributed by atoms with Crippen molar-refractivity contribution < 1.29 is 9.47 Å². The number of benzene rings is 1. The van der Waals surface area contributed by atoms with E-state index in [4.69, 9.17) is 9.47 Å². The lowest BCUT2D eigenvalue weighted by atomic mass is 10.1. The van der Waals surface area contributed by atoms with Crippen LogP contribution in [0.3, 0.4) is 0 Å². The largest absolute Gasteiger partial charge is 0.486 e. The first-order chi connectivity index (χ1) is 11.8. The number of rotatable bonds is 3. The third-order valence-electron chi connectivity index (χ3n) is 3.66. The van der Waals surface area contributed by atoms with Crippen molar-refractivity contribution >= 4 is 22.7 Å². The molecule has 0 bridgehead atoms. The van der Waals surface area contributed by atoms with Crippen molar-refractivity contribution in [2.75, 3.05) is 13.2 Å². The zero-order valence-electron chi connectivity index (χ0n) is 12.7. The minimum Gasteiger partial charge on any atom is -0.486 e. The highest BCUT2D eigenvalue weighted by molar-refractivity contribution is 7.98. The van der Waals surface area contributed by atoms with Crippen LogP contribution < -0.4 is 9.47 Å². The lowest BCUT2D eigenvalue weighted by Crippen LogP contribution is -2.15. The maximum absolute atomic E-state index is 9.44. The van der Waals surface area contributed by atoms with Crippen molar-refractivity contribution in [3.63, 3.8) is 0 Å². The molecule has 0 atom stereocenters. The van der Waals surface area contributed by atoms with Crippen molar-refractivity contribution in [2.45, 2.75) is 10.8 Å². The van der Waals surface area contributed by atoms with E-state index in [2.05, 4.69) is 16.0 Å². The molecule has 3 heterocycles. The zero-order valence-corrected chi connectivity index (χ0v) is 13.5. The number of hydrogen-bond donors (Lipinski definition) is 0. The Kier molecular flexibility index (Phi) is 3.93. The lowest BCUT2D eigenvalue weighted by Gasteiger charge is -2.18. The summed E-state index contributed by atoms with van der Waals surface area (Å²) in [6.45, 7) is 1.08. The SMILES string of the molecule is N#Cc1cc2cc3c(cc2nc1SCc1cccnc1)OCCO3. The molecule has 1 aliphatic rings. The van der Waals surface area contributed by atoms with Crippen molar-refractivity contribution in [1.29, 1.82) is 5.26 Å². The van der Waals surface area contributed by atoms with Gasteiger partial charge in [-0.2, -0.15) is 5.26 Å². The third-order valence-corrected chi connectivity index (χ3v) is 4.72. The predicted octanol–water partition coefficient (Wildman–Crippen LogP) is 3.56. The second kappa shape index (κ2) is 6.38. The summed E-state index contributed by atoms with van der Waals surface area (Å²) in [6, 6.07) is 11.8. The second-order valence-corrected chi connectivity index (χ2v) is 6.26. The van der Waals surface area contributed by atoms with Crippen LogP contribution in [-0.4, -0.2) is 23.2 Å². The number of ether oxygens (including phenoxy) is 2. The number of nitriles is 1. The molecule has 3 aromatic rings. The van der Waals surface area contributed by atoms with Gasteiger partial charge in [-0.15, -0.1) is 11.8 Å². The molecule has 118 valence electrons. The predicted molar refractivity (Wildman–Crippen MR) is 91.2 cm³/mol. The van der Waals surface area contributed by atoms with Crippen LogP contribution in [0.5, 0.6) is 11.5 Å². The van der Waals surface area contributed by atoms with E-state index in [1.807, 2.05) is 36.5 Å². The molecule has 0 saturated heterocycles. The first-order valence-electron chi connectivity index (χ1n) is 7.50. The van der Waals surface area contributed by atoms with Crippen LogP contribution in [0.25, 0.3) is 10.9 Å². The summed E-state index contributed by atoms with van der Waals surface area (Å²) in [5, 5.41) is 11.0. The van der Waals surface area contributed by atoms with Gasteiger partial charge in [-0.1, -0.05) is 6.07 Å². The van der Waals surface area contributed by atoms with Crippen molar-refractivity contribution in [3.8, 4) is 17.6 Å².